The first-order valence-corrected chi connectivity index (χ1v) is 5.47. The van der Waals surface area contributed by atoms with Crippen molar-refractivity contribution in [1.82, 2.24) is 15.5 Å². The van der Waals surface area contributed by atoms with E-state index >= 15 is 0 Å². The number of aromatic nitrogens is 2. The summed E-state index contributed by atoms with van der Waals surface area (Å²) in [6.07, 6.45) is 1.44. The van der Waals surface area contributed by atoms with E-state index in [-0.39, 0.29) is 5.91 Å². The van der Waals surface area contributed by atoms with E-state index in [1.165, 1.54) is 11.3 Å². The van der Waals surface area contributed by atoms with Gasteiger partial charge in [0.05, 0.1) is 0 Å². The number of hydrogen-bond acceptors (Lipinski definition) is 5. The van der Waals surface area contributed by atoms with Crippen LogP contribution in [0.3, 0.4) is 0 Å². The predicted molar refractivity (Wildman–Crippen MR) is 56.3 cm³/mol. The third-order valence-electron chi connectivity index (χ3n) is 1.56. The lowest BCUT2D eigenvalue weighted by atomic mass is 10.4. The zero-order valence-corrected chi connectivity index (χ0v) is 8.93. The van der Waals surface area contributed by atoms with E-state index in [0.717, 1.165) is 18.1 Å². The van der Waals surface area contributed by atoms with Crippen LogP contribution in [0.25, 0.3) is 0 Å². The van der Waals surface area contributed by atoms with Gasteiger partial charge in [-0.15, -0.1) is 10.2 Å². The Morgan fingerprint density at radius 3 is 3.07 bits per heavy atom. The van der Waals surface area contributed by atoms with E-state index in [4.69, 9.17) is 0 Å². The molecule has 0 aromatic carbocycles. The van der Waals surface area contributed by atoms with Gasteiger partial charge in [0.25, 0.3) is 0 Å². The van der Waals surface area contributed by atoms with Crippen molar-refractivity contribution in [2.45, 2.75) is 19.8 Å². The zero-order chi connectivity index (χ0) is 10.2. The first-order chi connectivity index (χ1) is 6.83. The van der Waals surface area contributed by atoms with Crippen LogP contribution in [-0.2, 0) is 4.79 Å². The van der Waals surface area contributed by atoms with Crippen LogP contribution in [0.15, 0.2) is 5.51 Å². The summed E-state index contributed by atoms with van der Waals surface area (Å²) >= 11 is 1.43. The number of amides is 1. The minimum atomic E-state index is 0.0730. The Morgan fingerprint density at radius 1 is 1.57 bits per heavy atom. The minimum absolute atomic E-state index is 0.0730. The fourth-order valence-electron chi connectivity index (χ4n) is 0.886. The van der Waals surface area contributed by atoms with Crippen LogP contribution in [0.5, 0.6) is 0 Å². The quantitative estimate of drug-likeness (QED) is 0.737. The molecule has 0 bridgehead atoms. The van der Waals surface area contributed by atoms with E-state index in [1.807, 2.05) is 6.92 Å². The number of rotatable bonds is 6. The van der Waals surface area contributed by atoms with Crippen LogP contribution >= 0.6 is 11.3 Å². The maximum atomic E-state index is 11.1. The SMILES string of the molecule is CCCNC(=O)CCNc1nncs1. The van der Waals surface area contributed by atoms with Crippen molar-refractivity contribution in [2.75, 3.05) is 18.4 Å². The number of carbonyl (C=O) groups excluding carboxylic acids is 1. The summed E-state index contributed by atoms with van der Waals surface area (Å²) in [5, 5.41) is 14.1. The molecule has 5 nitrogen and oxygen atoms in total. The fourth-order valence-corrected chi connectivity index (χ4v) is 1.36. The minimum Gasteiger partial charge on any atom is -0.360 e. The summed E-state index contributed by atoms with van der Waals surface area (Å²) in [5.74, 6) is 0.0730. The van der Waals surface area contributed by atoms with Crippen molar-refractivity contribution >= 4 is 22.4 Å². The highest BCUT2D eigenvalue weighted by molar-refractivity contribution is 7.13. The molecule has 0 fully saturated rings. The third-order valence-corrected chi connectivity index (χ3v) is 2.21. The summed E-state index contributed by atoms with van der Waals surface area (Å²) in [4.78, 5) is 11.1. The van der Waals surface area contributed by atoms with Crippen LogP contribution < -0.4 is 10.6 Å². The smallest absolute Gasteiger partial charge is 0.221 e. The van der Waals surface area contributed by atoms with Crippen molar-refractivity contribution in [3.8, 4) is 0 Å². The van der Waals surface area contributed by atoms with Gasteiger partial charge in [-0.25, -0.2) is 0 Å². The van der Waals surface area contributed by atoms with Gasteiger partial charge in [-0.3, -0.25) is 4.79 Å². The van der Waals surface area contributed by atoms with Crippen molar-refractivity contribution in [3.63, 3.8) is 0 Å². The van der Waals surface area contributed by atoms with E-state index < -0.39 is 0 Å². The number of carbonyl (C=O) groups is 1. The van der Waals surface area contributed by atoms with E-state index in [2.05, 4.69) is 20.8 Å². The summed E-state index contributed by atoms with van der Waals surface area (Å²) < 4.78 is 0. The van der Waals surface area contributed by atoms with E-state index in [1.54, 1.807) is 5.51 Å². The molecule has 14 heavy (non-hydrogen) atoms. The molecule has 0 aliphatic carbocycles. The molecule has 0 atom stereocenters. The summed E-state index contributed by atoms with van der Waals surface area (Å²) in [7, 11) is 0. The van der Waals surface area contributed by atoms with Crippen LogP contribution in [0.2, 0.25) is 0 Å². The molecule has 0 aliphatic heterocycles. The number of nitrogens with one attached hydrogen (secondary N) is 2. The maximum absolute atomic E-state index is 11.1. The molecule has 0 saturated carbocycles. The van der Waals surface area contributed by atoms with Gasteiger partial charge in [0.15, 0.2) is 0 Å². The van der Waals surface area contributed by atoms with Gasteiger partial charge in [0.2, 0.25) is 11.0 Å². The lowest BCUT2D eigenvalue weighted by Crippen LogP contribution is -2.25. The molecule has 1 rings (SSSR count). The normalized spacial score (nSPS) is 9.79. The van der Waals surface area contributed by atoms with Crippen molar-refractivity contribution in [1.29, 1.82) is 0 Å². The van der Waals surface area contributed by atoms with Crippen LogP contribution in [0.1, 0.15) is 19.8 Å². The molecule has 1 amide bonds. The Bertz CT molecular complexity index is 262. The summed E-state index contributed by atoms with van der Waals surface area (Å²) in [6.45, 7) is 3.38. The predicted octanol–water partition coefficient (Wildman–Crippen LogP) is 0.866. The second kappa shape index (κ2) is 6.31. The number of hydrogen-bond donors (Lipinski definition) is 2. The number of nitrogens with zero attached hydrogens (tertiary/aromatic N) is 2. The Morgan fingerprint density at radius 2 is 2.43 bits per heavy atom. The second-order valence-corrected chi connectivity index (χ2v) is 3.60. The second-order valence-electron chi connectivity index (χ2n) is 2.77. The average molecular weight is 214 g/mol. The topological polar surface area (TPSA) is 66.9 Å². The Hall–Kier alpha value is -1.17. The highest BCUT2D eigenvalue weighted by atomic mass is 32.1. The van der Waals surface area contributed by atoms with Crippen molar-refractivity contribution in [3.05, 3.63) is 5.51 Å². The van der Waals surface area contributed by atoms with Gasteiger partial charge >= 0.3 is 0 Å². The van der Waals surface area contributed by atoms with Gasteiger partial charge < -0.3 is 10.6 Å². The highest BCUT2D eigenvalue weighted by Crippen LogP contribution is 2.06. The molecular weight excluding hydrogens is 200 g/mol. The molecule has 1 heterocycles. The largest absolute Gasteiger partial charge is 0.360 e. The molecule has 78 valence electrons. The molecule has 0 unspecified atom stereocenters. The third kappa shape index (κ3) is 4.18. The summed E-state index contributed by atoms with van der Waals surface area (Å²) in [6, 6.07) is 0. The van der Waals surface area contributed by atoms with Crippen LogP contribution in [0.4, 0.5) is 5.13 Å². The molecule has 1 aromatic heterocycles. The molecule has 0 radical (unpaired) electrons. The first kappa shape index (κ1) is 10.9. The highest BCUT2D eigenvalue weighted by Gasteiger charge is 2.00. The van der Waals surface area contributed by atoms with E-state index in [9.17, 15) is 4.79 Å². The van der Waals surface area contributed by atoms with Gasteiger partial charge in [-0.1, -0.05) is 18.3 Å². The molecule has 0 spiro atoms. The molecule has 0 aliphatic rings. The lowest BCUT2D eigenvalue weighted by molar-refractivity contribution is -0.120. The molecule has 6 heteroatoms. The average Bonchev–Trinajstić information content (AvgIpc) is 2.67. The van der Waals surface area contributed by atoms with Gasteiger partial charge in [0, 0.05) is 19.5 Å². The van der Waals surface area contributed by atoms with Gasteiger partial charge in [-0.2, -0.15) is 0 Å². The van der Waals surface area contributed by atoms with Gasteiger partial charge in [-0.05, 0) is 6.42 Å². The monoisotopic (exact) mass is 214 g/mol. The zero-order valence-electron chi connectivity index (χ0n) is 8.12. The standard InChI is InChI=1S/C8H14N4OS/c1-2-4-9-7(13)3-5-10-8-12-11-6-14-8/h6H,2-5H2,1H3,(H,9,13)(H,10,12). The van der Waals surface area contributed by atoms with Crippen molar-refractivity contribution < 1.29 is 4.79 Å². The summed E-state index contributed by atoms with van der Waals surface area (Å²) in [5.41, 5.74) is 1.65. The molecule has 2 N–H and O–H groups in total. The van der Waals surface area contributed by atoms with Gasteiger partial charge in [0.1, 0.15) is 5.51 Å². The fraction of sp³-hybridized carbons (Fsp3) is 0.625. The Balaban J connectivity index is 2.06. The maximum Gasteiger partial charge on any atom is 0.221 e. The molecule has 1 aromatic rings. The number of anilines is 1. The Kier molecular flexibility index (Phi) is 4.92. The lowest BCUT2D eigenvalue weighted by Gasteiger charge is -2.03. The molecule has 0 saturated heterocycles. The van der Waals surface area contributed by atoms with Crippen LogP contribution in [-0.4, -0.2) is 29.2 Å². The first-order valence-electron chi connectivity index (χ1n) is 4.59. The van der Waals surface area contributed by atoms with E-state index in [0.29, 0.717) is 13.0 Å². The van der Waals surface area contributed by atoms with Crippen molar-refractivity contribution in [2.24, 2.45) is 0 Å². The van der Waals surface area contributed by atoms with Crippen LogP contribution in [0, 0.1) is 0 Å². The Labute approximate surface area is 86.9 Å². The molecular formula is C8H14N4OS.